The highest BCUT2D eigenvalue weighted by Gasteiger charge is 2.19. The zero-order valence-electron chi connectivity index (χ0n) is 12.2. The minimum atomic E-state index is 0.148. The van der Waals surface area contributed by atoms with E-state index in [0.29, 0.717) is 0 Å². The van der Waals surface area contributed by atoms with E-state index in [0.717, 1.165) is 54.8 Å². The van der Waals surface area contributed by atoms with E-state index in [-0.39, 0.29) is 5.91 Å². The SMILES string of the molecule is CCc1nc2cc(C(=O)N3CCCCC3)ccc2n1C. The van der Waals surface area contributed by atoms with Crippen LogP contribution < -0.4 is 0 Å². The molecule has 1 amide bonds. The molecule has 2 heterocycles. The maximum absolute atomic E-state index is 12.5. The molecular formula is C16H21N3O. The summed E-state index contributed by atoms with van der Waals surface area (Å²) in [7, 11) is 2.03. The van der Waals surface area contributed by atoms with Gasteiger partial charge in [0.1, 0.15) is 5.82 Å². The Kier molecular flexibility index (Phi) is 3.47. The van der Waals surface area contributed by atoms with Crippen molar-refractivity contribution in [2.24, 2.45) is 7.05 Å². The molecule has 0 radical (unpaired) electrons. The van der Waals surface area contributed by atoms with Crippen LogP contribution in [0.5, 0.6) is 0 Å². The maximum Gasteiger partial charge on any atom is 0.253 e. The average molecular weight is 271 g/mol. The predicted molar refractivity (Wildman–Crippen MR) is 79.8 cm³/mol. The van der Waals surface area contributed by atoms with Gasteiger partial charge in [0.25, 0.3) is 5.91 Å². The molecule has 0 atom stereocenters. The van der Waals surface area contributed by atoms with Gasteiger partial charge in [0.15, 0.2) is 0 Å². The quantitative estimate of drug-likeness (QED) is 0.842. The highest BCUT2D eigenvalue weighted by Crippen LogP contribution is 2.19. The summed E-state index contributed by atoms with van der Waals surface area (Å²) in [6.45, 7) is 3.87. The molecule has 1 saturated heterocycles. The number of aryl methyl sites for hydroxylation is 2. The third-order valence-corrected chi connectivity index (χ3v) is 4.18. The largest absolute Gasteiger partial charge is 0.339 e. The van der Waals surface area contributed by atoms with Crippen molar-refractivity contribution < 1.29 is 4.79 Å². The van der Waals surface area contributed by atoms with Gasteiger partial charge < -0.3 is 9.47 Å². The van der Waals surface area contributed by atoms with Crippen molar-refractivity contribution in [3.63, 3.8) is 0 Å². The van der Waals surface area contributed by atoms with Crippen LogP contribution in [0.25, 0.3) is 11.0 Å². The van der Waals surface area contributed by atoms with Gasteiger partial charge in [-0.2, -0.15) is 0 Å². The second-order valence-electron chi connectivity index (χ2n) is 5.50. The van der Waals surface area contributed by atoms with E-state index in [1.165, 1.54) is 6.42 Å². The van der Waals surface area contributed by atoms with Crippen molar-refractivity contribution in [3.05, 3.63) is 29.6 Å². The summed E-state index contributed by atoms with van der Waals surface area (Å²) in [5.41, 5.74) is 2.78. The van der Waals surface area contributed by atoms with Gasteiger partial charge in [-0.1, -0.05) is 6.92 Å². The first-order chi connectivity index (χ1) is 9.70. The number of carbonyl (C=O) groups is 1. The lowest BCUT2D eigenvalue weighted by atomic mass is 10.1. The zero-order chi connectivity index (χ0) is 14.1. The second-order valence-corrected chi connectivity index (χ2v) is 5.50. The van der Waals surface area contributed by atoms with Gasteiger partial charge in [-0.15, -0.1) is 0 Å². The molecule has 106 valence electrons. The number of benzene rings is 1. The molecule has 1 aliphatic rings. The molecule has 20 heavy (non-hydrogen) atoms. The Labute approximate surface area is 119 Å². The molecule has 1 aromatic carbocycles. The van der Waals surface area contributed by atoms with Crippen LogP contribution >= 0.6 is 0 Å². The number of likely N-dealkylation sites (tertiary alicyclic amines) is 1. The topological polar surface area (TPSA) is 38.1 Å². The lowest BCUT2D eigenvalue weighted by Crippen LogP contribution is -2.35. The van der Waals surface area contributed by atoms with E-state index < -0.39 is 0 Å². The second kappa shape index (κ2) is 5.27. The van der Waals surface area contributed by atoms with Gasteiger partial charge in [-0.25, -0.2) is 4.98 Å². The highest BCUT2D eigenvalue weighted by molar-refractivity contribution is 5.97. The summed E-state index contributed by atoms with van der Waals surface area (Å²) < 4.78 is 2.10. The number of carbonyl (C=O) groups excluding carboxylic acids is 1. The molecular weight excluding hydrogens is 250 g/mol. The fourth-order valence-electron chi connectivity index (χ4n) is 2.98. The van der Waals surface area contributed by atoms with Crippen LogP contribution in [0.4, 0.5) is 0 Å². The summed E-state index contributed by atoms with van der Waals surface area (Å²) >= 11 is 0. The molecule has 1 aliphatic heterocycles. The summed E-state index contributed by atoms with van der Waals surface area (Å²) in [6.07, 6.45) is 4.39. The normalized spacial score (nSPS) is 15.8. The standard InChI is InChI=1S/C16H21N3O/c1-3-15-17-13-11-12(7-8-14(13)18(15)2)16(20)19-9-5-4-6-10-19/h7-8,11H,3-6,9-10H2,1-2H3. The van der Waals surface area contributed by atoms with Crippen molar-refractivity contribution >= 4 is 16.9 Å². The molecule has 3 rings (SSSR count). The number of nitrogens with zero attached hydrogens (tertiary/aromatic N) is 3. The number of rotatable bonds is 2. The summed E-state index contributed by atoms with van der Waals surface area (Å²) in [4.78, 5) is 19.1. The van der Waals surface area contributed by atoms with Crippen molar-refractivity contribution in [2.75, 3.05) is 13.1 Å². The van der Waals surface area contributed by atoms with Gasteiger partial charge in [0.05, 0.1) is 11.0 Å². The molecule has 0 saturated carbocycles. The molecule has 4 nitrogen and oxygen atoms in total. The Morgan fingerprint density at radius 2 is 2.00 bits per heavy atom. The van der Waals surface area contributed by atoms with Gasteiger partial charge in [-0.05, 0) is 37.5 Å². The van der Waals surface area contributed by atoms with Crippen LogP contribution in [0.2, 0.25) is 0 Å². The van der Waals surface area contributed by atoms with Crippen molar-refractivity contribution in [3.8, 4) is 0 Å². The van der Waals surface area contributed by atoms with Crippen LogP contribution in [0.15, 0.2) is 18.2 Å². The lowest BCUT2D eigenvalue weighted by molar-refractivity contribution is 0.0724. The fraction of sp³-hybridized carbons (Fsp3) is 0.500. The number of aromatic nitrogens is 2. The minimum absolute atomic E-state index is 0.148. The maximum atomic E-state index is 12.5. The third-order valence-electron chi connectivity index (χ3n) is 4.18. The first kappa shape index (κ1) is 13.2. The molecule has 0 spiro atoms. The lowest BCUT2D eigenvalue weighted by Gasteiger charge is -2.26. The summed E-state index contributed by atoms with van der Waals surface area (Å²) in [5, 5.41) is 0. The van der Waals surface area contributed by atoms with E-state index in [2.05, 4.69) is 16.5 Å². The number of imidazole rings is 1. The monoisotopic (exact) mass is 271 g/mol. The van der Waals surface area contributed by atoms with E-state index in [1.807, 2.05) is 30.1 Å². The molecule has 1 aromatic heterocycles. The Balaban J connectivity index is 1.94. The van der Waals surface area contributed by atoms with E-state index in [1.54, 1.807) is 0 Å². The van der Waals surface area contributed by atoms with Crippen LogP contribution in [0, 0.1) is 0 Å². The van der Waals surface area contributed by atoms with Gasteiger partial charge in [0.2, 0.25) is 0 Å². The Morgan fingerprint density at radius 1 is 1.25 bits per heavy atom. The molecule has 0 unspecified atom stereocenters. The molecule has 2 aromatic rings. The number of hydrogen-bond donors (Lipinski definition) is 0. The summed E-state index contributed by atoms with van der Waals surface area (Å²) in [6, 6.07) is 5.88. The van der Waals surface area contributed by atoms with E-state index >= 15 is 0 Å². The number of hydrogen-bond acceptors (Lipinski definition) is 2. The number of fused-ring (bicyclic) bond motifs is 1. The third kappa shape index (κ3) is 2.19. The molecule has 0 aliphatic carbocycles. The van der Waals surface area contributed by atoms with Crippen LogP contribution in [-0.4, -0.2) is 33.4 Å². The van der Waals surface area contributed by atoms with Crippen molar-refractivity contribution in [2.45, 2.75) is 32.6 Å². The number of amides is 1. The molecule has 0 bridgehead atoms. The Bertz CT molecular complexity index is 638. The smallest absolute Gasteiger partial charge is 0.253 e. The van der Waals surface area contributed by atoms with Gasteiger partial charge >= 0.3 is 0 Å². The minimum Gasteiger partial charge on any atom is -0.339 e. The molecule has 0 N–H and O–H groups in total. The van der Waals surface area contributed by atoms with E-state index in [9.17, 15) is 4.79 Å². The molecule has 4 heteroatoms. The Hall–Kier alpha value is -1.84. The van der Waals surface area contributed by atoms with Crippen LogP contribution in [0.1, 0.15) is 42.4 Å². The van der Waals surface area contributed by atoms with Crippen LogP contribution in [-0.2, 0) is 13.5 Å². The fourth-order valence-corrected chi connectivity index (χ4v) is 2.98. The highest BCUT2D eigenvalue weighted by atomic mass is 16.2. The van der Waals surface area contributed by atoms with Gasteiger partial charge in [0, 0.05) is 32.1 Å². The first-order valence-electron chi connectivity index (χ1n) is 7.45. The van der Waals surface area contributed by atoms with Crippen molar-refractivity contribution in [1.29, 1.82) is 0 Å². The Morgan fingerprint density at radius 3 is 2.70 bits per heavy atom. The van der Waals surface area contributed by atoms with Gasteiger partial charge in [-0.3, -0.25) is 4.79 Å². The number of piperidine rings is 1. The van der Waals surface area contributed by atoms with Crippen molar-refractivity contribution in [1.82, 2.24) is 14.5 Å². The average Bonchev–Trinajstić information content (AvgIpc) is 2.83. The zero-order valence-corrected chi connectivity index (χ0v) is 12.2. The summed E-state index contributed by atoms with van der Waals surface area (Å²) in [5.74, 6) is 1.21. The van der Waals surface area contributed by atoms with E-state index in [4.69, 9.17) is 0 Å². The first-order valence-corrected chi connectivity index (χ1v) is 7.45. The molecule has 1 fully saturated rings. The van der Waals surface area contributed by atoms with Crippen LogP contribution in [0.3, 0.4) is 0 Å². The predicted octanol–water partition coefficient (Wildman–Crippen LogP) is 2.76.